The standard InChI is InChI=1S/C76H148O6/c1-4-7-10-13-16-19-22-24-26-28-30-32-34-36-37-38-39-40-41-43-44-46-48-50-52-54-57-60-63-66-69-75(78)81-72-73(71-80-74(77)68-65-62-59-56-21-18-15-12-9-6-3)82-76(79)70-67-64-61-58-55-53-51-49-47-45-42-35-33-31-29-27-25-23-20-17-14-11-8-5-2/h73H,4-72H2,1-3H3. The maximum absolute atomic E-state index is 12.9. The molecule has 0 aromatic carbocycles. The molecule has 0 aliphatic carbocycles. The second-order valence-electron chi connectivity index (χ2n) is 26.3. The summed E-state index contributed by atoms with van der Waals surface area (Å²) in [7, 11) is 0. The van der Waals surface area contributed by atoms with Crippen molar-refractivity contribution < 1.29 is 28.6 Å². The van der Waals surface area contributed by atoms with Gasteiger partial charge in [-0.3, -0.25) is 14.4 Å². The summed E-state index contributed by atoms with van der Waals surface area (Å²) >= 11 is 0. The van der Waals surface area contributed by atoms with Crippen molar-refractivity contribution in [1.29, 1.82) is 0 Å². The van der Waals surface area contributed by atoms with Crippen LogP contribution in [0, 0.1) is 0 Å². The molecular formula is C76H148O6. The molecule has 0 heterocycles. The van der Waals surface area contributed by atoms with Crippen LogP contribution < -0.4 is 0 Å². The molecule has 0 saturated heterocycles. The minimum Gasteiger partial charge on any atom is -0.462 e. The van der Waals surface area contributed by atoms with E-state index in [-0.39, 0.29) is 31.1 Å². The first-order valence-electron chi connectivity index (χ1n) is 38.0. The average Bonchev–Trinajstić information content (AvgIpc) is 3.47. The fraction of sp³-hybridized carbons (Fsp3) is 0.961. The molecular weight excluding hydrogens is 1010 g/mol. The molecule has 0 aliphatic heterocycles. The van der Waals surface area contributed by atoms with Gasteiger partial charge in [0.2, 0.25) is 0 Å². The van der Waals surface area contributed by atoms with Crippen molar-refractivity contribution >= 4 is 17.9 Å². The molecule has 0 N–H and O–H groups in total. The molecule has 488 valence electrons. The highest BCUT2D eigenvalue weighted by Gasteiger charge is 2.20. The van der Waals surface area contributed by atoms with Crippen molar-refractivity contribution in [3.63, 3.8) is 0 Å². The Morgan fingerprint density at radius 2 is 0.329 bits per heavy atom. The molecule has 1 unspecified atom stereocenters. The molecule has 0 fully saturated rings. The Balaban J connectivity index is 4.05. The monoisotopic (exact) mass is 1160 g/mol. The lowest BCUT2D eigenvalue weighted by Gasteiger charge is -2.18. The third-order valence-electron chi connectivity index (χ3n) is 17.9. The zero-order chi connectivity index (χ0) is 59.2. The van der Waals surface area contributed by atoms with Gasteiger partial charge in [0.1, 0.15) is 13.2 Å². The fourth-order valence-corrected chi connectivity index (χ4v) is 12.2. The molecule has 6 heteroatoms. The van der Waals surface area contributed by atoms with Gasteiger partial charge in [0.15, 0.2) is 6.10 Å². The predicted octanol–water partition coefficient (Wildman–Crippen LogP) is 26.2. The van der Waals surface area contributed by atoms with Crippen LogP contribution in [-0.2, 0) is 28.6 Å². The molecule has 0 bridgehead atoms. The number of rotatable bonds is 72. The molecule has 0 aromatic rings. The minimum atomic E-state index is -0.763. The molecule has 82 heavy (non-hydrogen) atoms. The molecule has 0 spiro atoms. The van der Waals surface area contributed by atoms with E-state index < -0.39 is 6.10 Å². The van der Waals surface area contributed by atoms with Crippen LogP contribution in [0.5, 0.6) is 0 Å². The topological polar surface area (TPSA) is 78.9 Å². The highest BCUT2D eigenvalue weighted by Crippen LogP contribution is 2.20. The summed E-state index contributed by atoms with van der Waals surface area (Å²) in [4.78, 5) is 38.4. The van der Waals surface area contributed by atoms with E-state index in [9.17, 15) is 14.4 Å². The highest BCUT2D eigenvalue weighted by atomic mass is 16.6. The second kappa shape index (κ2) is 71.9. The van der Waals surface area contributed by atoms with E-state index in [0.717, 1.165) is 57.8 Å². The third kappa shape index (κ3) is 69.2. The van der Waals surface area contributed by atoms with Gasteiger partial charge in [-0.05, 0) is 19.3 Å². The number of hydrogen-bond acceptors (Lipinski definition) is 6. The Bertz CT molecular complexity index is 1240. The van der Waals surface area contributed by atoms with Crippen LogP contribution >= 0.6 is 0 Å². The lowest BCUT2D eigenvalue weighted by molar-refractivity contribution is -0.167. The lowest BCUT2D eigenvalue weighted by atomic mass is 10.0. The van der Waals surface area contributed by atoms with Crippen LogP contribution in [0.25, 0.3) is 0 Å². The van der Waals surface area contributed by atoms with Crippen LogP contribution in [0.4, 0.5) is 0 Å². The summed E-state index contributed by atoms with van der Waals surface area (Å²) in [6.07, 6.45) is 86.0. The molecule has 0 saturated carbocycles. The quantitative estimate of drug-likeness (QED) is 0.0343. The van der Waals surface area contributed by atoms with Crippen LogP contribution in [0.2, 0.25) is 0 Å². The largest absolute Gasteiger partial charge is 0.462 e. The number of esters is 3. The van der Waals surface area contributed by atoms with Crippen molar-refractivity contribution in [1.82, 2.24) is 0 Å². The second-order valence-corrected chi connectivity index (χ2v) is 26.3. The first-order chi connectivity index (χ1) is 40.5. The number of carbonyl (C=O) groups excluding carboxylic acids is 3. The Kier molecular flexibility index (Phi) is 70.5. The van der Waals surface area contributed by atoms with E-state index in [1.165, 1.54) is 353 Å². The molecule has 0 amide bonds. The fourth-order valence-electron chi connectivity index (χ4n) is 12.2. The van der Waals surface area contributed by atoms with Crippen LogP contribution in [0.1, 0.15) is 451 Å². The molecule has 0 aliphatic rings. The lowest BCUT2D eigenvalue weighted by Crippen LogP contribution is -2.30. The summed E-state index contributed by atoms with van der Waals surface area (Å²) in [5, 5.41) is 0. The smallest absolute Gasteiger partial charge is 0.306 e. The van der Waals surface area contributed by atoms with Crippen molar-refractivity contribution in [2.45, 2.75) is 457 Å². The van der Waals surface area contributed by atoms with Crippen molar-refractivity contribution in [3.05, 3.63) is 0 Å². The van der Waals surface area contributed by atoms with E-state index >= 15 is 0 Å². The summed E-state index contributed by atoms with van der Waals surface area (Å²) in [5.74, 6) is -0.822. The number of ether oxygens (including phenoxy) is 3. The van der Waals surface area contributed by atoms with Gasteiger partial charge in [-0.25, -0.2) is 0 Å². The van der Waals surface area contributed by atoms with Crippen LogP contribution in [0.15, 0.2) is 0 Å². The zero-order valence-corrected chi connectivity index (χ0v) is 56.3. The highest BCUT2D eigenvalue weighted by molar-refractivity contribution is 5.71. The number of unbranched alkanes of at least 4 members (excludes halogenated alkanes) is 61. The van der Waals surface area contributed by atoms with Gasteiger partial charge in [0.25, 0.3) is 0 Å². The Morgan fingerprint density at radius 3 is 0.488 bits per heavy atom. The van der Waals surface area contributed by atoms with E-state index in [2.05, 4.69) is 20.8 Å². The van der Waals surface area contributed by atoms with Crippen molar-refractivity contribution in [2.75, 3.05) is 13.2 Å². The number of carbonyl (C=O) groups is 3. The molecule has 0 radical (unpaired) electrons. The molecule has 0 aromatic heterocycles. The van der Waals surface area contributed by atoms with Gasteiger partial charge < -0.3 is 14.2 Å². The third-order valence-corrected chi connectivity index (χ3v) is 17.9. The summed E-state index contributed by atoms with van der Waals surface area (Å²) in [5.41, 5.74) is 0. The van der Waals surface area contributed by atoms with Gasteiger partial charge in [-0.1, -0.05) is 412 Å². The van der Waals surface area contributed by atoms with E-state index in [4.69, 9.17) is 14.2 Å². The average molecular weight is 1160 g/mol. The first-order valence-corrected chi connectivity index (χ1v) is 38.0. The Morgan fingerprint density at radius 1 is 0.195 bits per heavy atom. The van der Waals surface area contributed by atoms with Gasteiger partial charge in [-0.2, -0.15) is 0 Å². The normalized spacial score (nSPS) is 11.9. The first kappa shape index (κ1) is 80.4. The van der Waals surface area contributed by atoms with Crippen LogP contribution in [-0.4, -0.2) is 37.2 Å². The number of hydrogen-bond donors (Lipinski definition) is 0. The van der Waals surface area contributed by atoms with Crippen LogP contribution in [0.3, 0.4) is 0 Å². The Labute approximate surface area is 514 Å². The van der Waals surface area contributed by atoms with E-state index in [0.29, 0.717) is 19.3 Å². The zero-order valence-electron chi connectivity index (χ0n) is 56.3. The van der Waals surface area contributed by atoms with E-state index in [1.54, 1.807) is 0 Å². The van der Waals surface area contributed by atoms with Gasteiger partial charge in [0.05, 0.1) is 0 Å². The van der Waals surface area contributed by atoms with Crippen molar-refractivity contribution in [3.8, 4) is 0 Å². The SMILES string of the molecule is CCCCCCCCCCCCCCCCCCCCCCCCCCCCCCCCC(=O)OCC(COC(=O)CCCCCCCCCCCC)OC(=O)CCCCCCCCCCCCCCCCCCCCCCCCCC. The van der Waals surface area contributed by atoms with Gasteiger partial charge in [-0.15, -0.1) is 0 Å². The predicted molar refractivity (Wildman–Crippen MR) is 358 cm³/mol. The summed E-state index contributed by atoms with van der Waals surface area (Å²) in [6.45, 7) is 6.73. The van der Waals surface area contributed by atoms with Gasteiger partial charge in [0, 0.05) is 19.3 Å². The van der Waals surface area contributed by atoms with Gasteiger partial charge >= 0.3 is 17.9 Å². The maximum Gasteiger partial charge on any atom is 0.306 e. The summed E-state index contributed by atoms with van der Waals surface area (Å²) < 4.78 is 17.0. The summed E-state index contributed by atoms with van der Waals surface area (Å²) in [6, 6.07) is 0. The maximum atomic E-state index is 12.9. The molecule has 0 rings (SSSR count). The van der Waals surface area contributed by atoms with E-state index in [1.807, 2.05) is 0 Å². The minimum absolute atomic E-state index is 0.0604. The Hall–Kier alpha value is -1.59. The molecule has 6 nitrogen and oxygen atoms in total. The van der Waals surface area contributed by atoms with Crippen molar-refractivity contribution in [2.24, 2.45) is 0 Å². The molecule has 1 atom stereocenters.